The Morgan fingerprint density at radius 1 is 1.08 bits per heavy atom. The van der Waals surface area contributed by atoms with Crippen LogP contribution in [-0.2, 0) is 16.1 Å². The molecule has 3 rings (SSSR count). The van der Waals surface area contributed by atoms with E-state index in [9.17, 15) is 9.59 Å². The van der Waals surface area contributed by atoms with Gasteiger partial charge in [-0.15, -0.1) is 0 Å². The van der Waals surface area contributed by atoms with Gasteiger partial charge in [-0.1, -0.05) is 48.0 Å². The molecule has 0 unspecified atom stereocenters. The number of esters is 1. The first kappa shape index (κ1) is 17.9. The van der Waals surface area contributed by atoms with Crippen molar-refractivity contribution in [3.63, 3.8) is 0 Å². The van der Waals surface area contributed by atoms with Crippen molar-refractivity contribution in [1.29, 1.82) is 0 Å². The van der Waals surface area contributed by atoms with E-state index >= 15 is 0 Å². The lowest BCUT2D eigenvalue weighted by atomic mass is 10.1. The maximum atomic E-state index is 12.6. The molecule has 134 valence electrons. The average molecular weight is 352 g/mol. The molecule has 0 aliphatic rings. The summed E-state index contributed by atoms with van der Waals surface area (Å²) in [6.07, 6.45) is -0.922. The molecule has 0 bridgehead atoms. The van der Waals surface area contributed by atoms with Crippen molar-refractivity contribution in [2.45, 2.75) is 26.6 Å². The highest BCUT2D eigenvalue weighted by atomic mass is 16.6. The number of carbonyl (C=O) groups is 2. The van der Waals surface area contributed by atoms with Crippen molar-refractivity contribution in [2.24, 2.45) is 0 Å². The smallest absolute Gasteiger partial charge is 0.375 e. The third-order valence-electron chi connectivity index (χ3n) is 4.16. The Morgan fingerprint density at radius 3 is 2.46 bits per heavy atom. The number of rotatable bonds is 6. The molecule has 3 aromatic rings. The lowest BCUT2D eigenvalue weighted by Crippen LogP contribution is -2.24. The number of para-hydroxylation sites is 1. The maximum Gasteiger partial charge on any atom is 0.375 e. The molecule has 0 spiro atoms. The molecule has 0 saturated heterocycles. The van der Waals surface area contributed by atoms with Crippen LogP contribution in [0.3, 0.4) is 0 Å². The van der Waals surface area contributed by atoms with E-state index in [0.29, 0.717) is 16.7 Å². The third kappa shape index (κ3) is 3.53. The summed E-state index contributed by atoms with van der Waals surface area (Å²) in [6, 6.07) is 14.4. The number of aryl methyl sites for hydroxylation is 1. The van der Waals surface area contributed by atoms with Crippen LogP contribution in [0.25, 0.3) is 11.0 Å². The van der Waals surface area contributed by atoms with E-state index in [1.54, 1.807) is 32.2 Å². The van der Waals surface area contributed by atoms with Gasteiger partial charge in [-0.2, -0.15) is 0 Å². The van der Waals surface area contributed by atoms with E-state index in [0.717, 1.165) is 10.9 Å². The number of carbonyl (C=O) groups excluding carboxylic acids is 2. The molecule has 1 heterocycles. The Bertz CT molecular complexity index is 937. The first-order chi connectivity index (χ1) is 12.5. The Hall–Kier alpha value is -2.92. The van der Waals surface area contributed by atoms with E-state index in [4.69, 9.17) is 13.9 Å². The van der Waals surface area contributed by atoms with Crippen LogP contribution in [-0.4, -0.2) is 25.0 Å². The Kier molecular flexibility index (Phi) is 5.19. The summed E-state index contributed by atoms with van der Waals surface area (Å²) in [4.78, 5) is 25.1. The molecule has 1 aromatic heterocycles. The lowest BCUT2D eigenvalue weighted by molar-refractivity contribution is 0.0286. The van der Waals surface area contributed by atoms with Crippen molar-refractivity contribution >= 4 is 22.7 Å². The van der Waals surface area contributed by atoms with Crippen molar-refractivity contribution in [2.75, 3.05) is 7.11 Å². The van der Waals surface area contributed by atoms with Crippen LogP contribution in [0, 0.1) is 6.92 Å². The molecular formula is C21H20O5. The lowest BCUT2D eigenvalue weighted by Gasteiger charge is -2.12. The number of hydrogen-bond acceptors (Lipinski definition) is 5. The predicted molar refractivity (Wildman–Crippen MR) is 97.3 cm³/mol. The number of hydrogen-bond donors (Lipinski definition) is 0. The number of benzene rings is 2. The van der Waals surface area contributed by atoms with Crippen LogP contribution >= 0.6 is 0 Å². The zero-order valence-corrected chi connectivity index (χ0v) is 14.9. The number of furan rings is 1. The van der Waals surface area contributed by atoms with Gasteiger partial charge in [-0.05, 0) is 19.9 Å². The summed E-state index contributed by atoms with van der Waals surface area (Å²) in [5, 5.41) is 0.791. The minimum atomic E-state index is -0.922. The number of ketones is 1. The van der Waals surface area contributed by atoms with E-state index in [-0.39, 0.29) is 18.2 Å². The third-order valence-corrected chi connectivity index (χ3v) is 4.16. The van der Waals surface area contributed by atoms with E-state index in [2.05, 4.69) is 0 Å². The number of methoxy groups -OCH3 is 1. The van der Waals surface area contributed by atoms with Gasteiger partial charge in [-0.25, -0.2) is 4.79 Å². The highest BCUT2D eigenvalue weighted by molar-refractivity contribution is 6.02. The molecule has 1 atom stereocenters. The second-order valence-corrected chi connectivity index (χ2v) is 6.12. The summed E-state index contributed by atoms with van der Waals surface area (Å²) >= 11 is 0. The van der Waals surface area contributed by atoms with Crippen molar-refractivity contribution in [3.8, 4) is 0 Å². The van der Waals surface area contributed by atoms with Crippen molar-refractivity contribution < 1.29 is 23.5 Å². The molecule has 0 saturated carbocycles. The quantitative estimate of drug-likeness (QED) is 0.488. The fourth-order valence-electron chi connectivity index (χ4n) is 2.77. The average Bonchev–Trinajstić information content (AvgIpc) is 3.01. The van der Waals surface area contributed by atoms with Gasteiger partial charge in [0.05, 0.1) is 6.61 Å². The number of ether oxygens (including phenoxy) is 2. The summed E-state index contributed by atoms with van der Waals surface area (Å²) in [7, 11) is 1.54. The van der Waals surface area contributed by atoms with Crippen LogP contribution in [0.1, 0.15) is 39.0 Å². The molecular weight excluding hydrogens is 332 g/mol. The Balaban J connectivity index is 1.83. The highest BCUT2D eigenvalue weighted by Crippen LogP contribution is 2.27. The summed E-state index contributed by atoms with van der Waals surface area (Å²) < 4.78 is 16.2. The van der Waals surface area contributed by atoms with Crippen LogP contribution in [0.15, 0.2) is 52.9 Å². The van der Waals surface area contributed by atoms with Gasteiger partial charge < -0.3 is 13.9 Å². The Labute approximate surface area is 151 Å². The van der Waals surface area contributed by atoms with E-state index in [1.807, 2.05) is 37.3 Å². The fourth-order valence-corrected chi connectivity index (χ4v) is 2.77. The van der Waals surface area contributed by atoms with Gasteiger partial charge in [0.2, 0.25) is 11.5 Å². The molecule has 0 radical (unpaired) electrons. The zero-order valence-electron chi connectivity index (χ0n) is 14.9. The fraction of sp³-hybridized carbons (Fsp3) is 0.238. The van der Waals surface area contributed by atoms with Crippen LogP contribution in [0.5, 0.6) is 0 Å². The van der Waals surface area contributed by atoms with E-state index < -0.39 is 12.1 Å². The normalized spacial score (nSPS) is 12.1. The van der Waals surface area contributed by atoms with Crippen molar-refractivity contribution in [1.82, 2.24) is 0 Å². The number of fused-ring (bicyclic) bond motifs is 1. The van der Waals surface area contributed by atoms with Gasteiger partial charge in [0.1, 0.15) is 5.58 Å². The van der Waals surface area contributed by atoms with Gasteiger partial charge in [0.15, 0.2) is 6.10 Å². The minimum absolute atomic E-state index is 0.0663. The summed E-state index contributed by atoms with van der Waals surface area (Å²) in [6.45, 7) is 3.71. The van der Waals surface area contributed by atoms with Gasteiger partial charge in [0.25, 0.3) is 0 Å². The van der Waals surface area contributed by atoms with Gasteiger partial charge in [-0.3, -0.25) is 4.79 Å². The monoisotopic (exact) mass is 352 g/mol. The standard InChI is InChI=1S/C21H20O5/c1-13-8-10-15(11-9-13)19(22)14(2)25-21(23)20-17(12-24-3)16-6-4-5-7-18(16)26-20/h4-11,14H,12H2,1-3H3/t14-/m0/s1. The SMILES string of the molecule is COCc1c(C(=O)O[C@@H](C)C(=O)c2ccc(C)cc2)oc2ccccc12. The van der Waals surface area contributed by atoms with Crippen LogP contribution in [0.4, 0.5) is 0 Å². The predicted octanol–water partition coefficient (Wildman–Crippen LogP) is 4.32. The molecule has 0 aliphatic heterocycles. The molecule has 5 heteroatoms. The maximum absolute atomic E-state index is 12.6. The first-order valence-electron chi connectivity index (χ1n) is 8.32. The largest absolute Gasteiger partial charge is 0.449 e. The molecule has 0 aliphatic carbocycles. The molecule has 5 nitrogen and oxygen atoms in total. The topological polar surface area (TPSA) is 65.7 Å². The zero-order chi connectivity index (χ0) is 18.7. The van der Waals surface area contributed by atoms with Crippen LogP contribution < -0.4 is 0 Å². The Morgan fingerprint density at radius 2 is 1.77 bits per heavy atom. The molecule has 2 aromatic carbocycles. The first-order valence-corrected chi connectivity index (χ1v) is 8.32. The van der Waals surface area contributed by atoms with Crippen molar-refractivity contribution in [3.05, 3.63) is 71.0 Å². The second-order valence-electron chi connectivity index (χ2n) is 6.12. The van der Waals surface area contributed by atoms with Gasteiger partial charge in [0, 0.05) is 23.6 Å². The molecule has 0 fully saturated rings. The molecule has 0 amide bonds. The molecule has 0 N–H and O–H groups in total. The molecule has 26 heavy (non-hydrogen) atoms. The summed E-state index contributed by atoms with van der Waals surface area (Å²) in [5.74, 6) is -0.874. The van der Waals surface area contributed by atoms with Gasteiger partial charge >= 0.3 is 5.97 Å². The van der Waals surface area contributed by atoms with E-state index in [1.165, 1.54) is 0 Å². The highest BCUT2D eigenvalue weighted by Gasteiger charge is 2.26. The summed E-state index contributed by atoms with van der Waals surface area (Å²) in [5.41, 5.74) is 2.74. The number of Topliss-reactive ketones (excluding diaryl/α,β-unsaturated/α-hetero) is 1. The van der Waals surface area contributed by atoms with Crippen LogP contribution in [0.2, 0.25) is 0 Å². The minimum Gasteiger partial charge on any atom is -0.449 e. The second kappa shape index (κ2) is 7.54.